The van der Waals surface area contributed by atoms with Gasteiger partial charge >= 0.3 is 0 Å². The van der Waals surface area contributed by atoms with Crippen LogP contribution in [-0.4, -0.2) is 28.3 Å². The summed E-state index contributed by atoms with van der Waals surface area (Å²) < 4.78 is 0. The van der Waals surface area contributed by atoms with Crippen molar-refractivity contribution in [2.24, 2.45) is 11.1 Å². The lowest BCUT2D eigenvalue weighted by atomic mass is 9.73. The molecular weight excluding hydrogens is 364 g/mol. The first-order valence-electron chi connectivity index (χ1n) is 10.7. The number of nitrogens with two attached hydrogens (primary N) is 1. The van der Waals surface area contributed by atoms with Crippen molar-refractivity contribution >= 4 is 17.6 Å². The summed E-state index contributed by atoms with van der Waals surface area (Å²) in [5, 5.41) is 1.86. The van der Waals surface area contributed by atoms with Gasteiger partial charge < -0.3 is 10.6 Å². The van der Waals surface area contributed by atoms with Gasteiger partial charge in [-0.2, -0.15) is 0 Å². The van der Waals surface area contributed by atoms with Crippen LogP contribution in [0.4, 0.5) is 5.82 Å². The number of nitrogens with zero attached hydrogens (tertiary/aromatic N) is 3. The standard InChI is InChI=1S/C23H30N4S/c1-16-22(28-18-7-3-4-8-18)25-15-20(26-16)27-12-10-23(11-13-27)14-17-6-2-5-9-19(17)21(23)24/h2,5-6,9,15,18,21H,3-4,7-8,10-14,24H2,1H3/t21-/m1/s1. The van der Waals surface area contributed by atoms with E-state index in [1.54, 1.807) is 0 Å². The molecule has 1 saturated carbocycles. The summed E-state index contributed by atoms with van der Waals surface area (Å²) in [5.41, 5.74) is 10.8. The van der Waals surface area contributed by atoms with Crippen molar-refractivity contribution in [2.45, 2.75) is 68.2 Å². The fourth-order valence-corrected chi connectivity index (χ4v) is 6.59. The van der Waals surface area contributed by atoms with E-state index in [4.69, 9.17) is 15.7 Å². The smallest absolute Gasteiger partial charge is 0.147 e. The van der Waals surface area contributed by atoms with Crippen molar-refractivity contribution in [3.63, 3.8) is 0 Å². The van der Waals surface area contributed by atoms with Gasteiger partial charge in [-0.3, -0.25) is 0 Å². The van der Waals surface area contributed by atoms with E-state index in [0.29, 0.717) is 0 Å². The predicted octanol–water partition coefficient (Wildman–Crippen LogP) is 4.66. The molecule has 0 bridgehead atoms. The molecule has 1 spiro atoms. The molecule has 0 unspecified atom stereocenters. The molecule has 1 atom stereocenters. The Kier molecular flexibility index (Phi) is 4.84. The number of hydrogen-bond acceptors (Lipinski definition) is 5. The van der Waals surface area contributed by atoms with Crippen molar-refractivity contribution in [1.82, 2.24) is 9.97 Å². The molecule has 1 aromatic carbocycles. The number of aromatic nitrogens is 2. The number of rotatable bonds is 3. The number of fused-ring (bicyclic) bond motifs is 1. The summed E-state index contributed by atoms with van der Waals surface area (Å²) in [6.07, 6.45) is 10.7. The molecule has 2 heterocycles. The molecule has 0 radical (unpaired) electrons. The van der Waals surface area contributed by atoms with Crippen LogP contribution in [-0.2, 0) is 6.42 Å². The lowest BCUT2D eigenvalue weighted by Crippen LogP contribution is -2.44. The highest BCUT2D eigenvalue weighted by molar-refractivity contribution is 7.99. The molecule has 1 aliphatic heterocycles. The number of hydrogen-bond donors (Lipinski definition) is 1. The molecule has 0 amide bonds. The van der Waals surface area contributed by atoms with E-state index in [-0.39, 0.29) is 11.5 Å². The Morgan fingerprint density at radius 3 is 2.61 bits per heavy atom. The van der Waals surface area contributed by atoms with Gasteiger partial charge in [-0.25, -0.2) is 9.97 Å². The maximum Gasteiger partial charge on any atom is 0.147 e. The molecule has 5 heteroatoms. The van der Waals surface area contributed by atoms with Crippen LogP contribution in [0.1, 0.15) is 61.4 Å². The Morgan fingerprint density at radius 2 is 1.89 bits per heavy atom. The molecule has 2 N–H and O–H groups in total. The molecule has 4 nitrogen and oxygen atoms in total. The highest BCUT2D eigenvalue weighted by atomic mass is 32.2. The second kappa shape index (κ2) is 7.34. The molecule has 1 aromatic heterocycles. The summed E-state index contributed by atoms with van der Waals surface area (Å²) >= 11 is 1.93. The van der Waals surface area contributed by atoms with Gasteiger partial charge in [0.2, 0.25) is 0 Å². The van der Waals surface area contributed by atoms with Crippen LogP contribution in [0, 0.1) is 12.3 Å². The fourth-order valence-electron chi connectivity index (χ4n) is 5.38. The highest BCUT2D eigenvalue weighted by Gasteiger charge is 2.45. The van der Waals surface area contributed by atoms with Crippen molar-refractivity contribution in [1.29, 1.82) is 0 Å². The van der Waals surface area contributed by atoms with Crippen LogP contribution in [0.5, 0.6) is 0 Å². The van der Waals surface area contributed by atoms with E-state index in [2.05, 4.69) is 36.1 Å². The normalized spacial score (nSPS) is 24.1. The Balaban J connectivity index is 1.26. The molecule has 1 saturated heterocycles. The van der Waals surface area contributed by atoms with Crippen molar-refractivity contribution in [3.05, 3.63) is 47.3 Å². The van der Waals surface area contributed by atoms with Gasteiger partial charge in [0, 0.05) is 24.4 Å². The van der Waals surface area contributed by atoms with E-state index < -0.39 is 0 Å². The molecule has 5 rings (SSSR count). The SMILES string of the molecule is Cc1nc(N2CCC3(CC2)Cc2ccccc2[C@H]3N)cnc1SC1CCCC1. The average Bonchev–Trinajstić information content (AvgIpc) is 3.32. The predicted molar refractivity (Wildman–Crippen MR) is 116 cm³/mol. The number of thioether (sulfide) groups is 1. The third kappa shape index (κ3) is 3.22. The zero-order valence-electron chi connectivity index (χ0n) is 16.7. The van der Waals surface area contributed by atoms with Gasteiger partial charge in [-0.1, -0.05) is 37.1 Å². The third-order valence-corrected chi connectivity index (χ3v) is 8.57. The second-order valence-corrected chi connectivity index (χ2v) is 10.1. The van der Waals surface area contributed by atoms with Gasteiger partial charge in [0.25, 0.3) is 0 Å². The van der Waals surface area contributed by atoms with Crippen LogP contribution in [0.15, 0.2) is 35.5 Å². The van der Waals surface area contributed by atoms with Crippen LogP contribution in [0.25, 0.3) is 0 Å². The molecule has 28 heavy (non-hydrogen) atoms. The maximum absolute atomic E-state index is 6.71. The van der Waals surface area contributed by atoms with Crippen molar-refractivity contribution in [2.75, 3.05) is 18.0 Å². The summed E-state index contributed by atoms with van der Waals surface area (Å²) in [4.78, 5) is 12.1. The number of benzene rings is 1. The van der Waals surface area contributed by atoms with Crippen LogP contribution >= 0.6 is 11.8 Å². The van der Waals surface area contributed by atoms with E-state index >= 15 is 0 Å². The Hall–Kier alpha value is -1.59. The Morgan fingerprint density at radius 1 is 1.14 bits per heavy atom. The van der Waals surface area contributed by atoms with Crippen LogP contribution in [0.2, 0.25) is 0 Å². The van der Waals surface area contributed by atoms with Gasteiger partial charge in [0.05, 0.1) is 11.9 Å². The largest absolute Gasteiger partial charge is 0.355 e. The zero-order chi connectivity index (χ0) is 19.1. The topological polar surface area (TPSA) is 55.0 Å². The summed E-state index contributed by atoms with van der Waals surface area (Å²) in [6, 6.07) is 8.91. The van der Waals surface area contributed by atoms with Crippen LogP contribution in [0.3, 0.4) is 0 Å². The van der Waals surface area contributed by atoms with Crippen LogP contribution < -0.4 is 10.6 Å². The zero-order valence-corrected chi connectivity index (χ0v) is 17.5. The minimum Gasteiger partial charge on any atom is -0.355 e. The fraction of sp³-hybridized carbons (Fsp3) is 0.565. The van der Waals surface area contributed by atoms with Crippen molar-refractivity contribution < 1.29 is 0 Å². The van der Waals surface area contributed by atoms with Gasteiger partial charge in [-0.05, 0) is 55.6 Å². The average molecular weight is 395 g/mol. The molecule has 3 aliphatic rings. The quantitative estimate of drug-likeness (QED) is 0.820. The second-order valence-electron chi connectivity index (χ2n) is 8.85. The minimum atomic E-state index is 0.170. The summed E-state index contributed by atoms with van der Waals surface area (Å²) in [5.74, 6) is 1.03. The molecule has 2 aliphatic carbocycles. The van der Waals surface area contributed by atoms with Crippen molar-refractivity contribution in [3.8, 4) is 0 Å². The maximum atomic E-state index is 6.71. The van der Waals surface area contributed by atoms with Gasteiger partial charge in [-0.15, -0.1) is 11.8 Å². The monoisotopic (exact) mass is 394 g/mol. The van der Waals surface area contributed by atoms with Gasteiger partial charge in [0.15, 0.2) is 0 Å². The molecule has 2 aromatic rings. The van der Waals surface area contributed by atoms with E-state index in [9.17, 15) is 0 Å². The minimum absolute atomic E-state index is 0.170. The van der Waals surface area contributed by atoms with Gasteiger partial charge in [0.1, 0.15) is 10.8 Å². The number of piperidine rings is 1. The third-order valence-electron chi connectivity index (χ3n) is 7.15. The highest BCUT2D eigenvalue weighted by Crippen LogP contribution is 2.50. The Labute approximate surface area is 172 Å². The number of aryl methyl sites for hydroxylation is 1. The first kappa shape index (κ1) is 18.4. The first-order chi connectivity index (χ1) is 13.6. The molecule has 2 fully saturated rings. The summed E-state index contributed by atoms with van der Waals surface area (Å²) in [6.45, 7) is 4.15. The van der Waals surface area contributed by atoms with E-state index in [1.807, 2.05) is 18.0 Å². The number of anilines is 1. The lowest BCUT2D eigenvalue weighted by molar-refractivity contribution is 0.187. The summed E-state index contributed by atoms with van der Waals surface area (Å²) in [7, 11) is 0. The Bertz CT molecular complexity index is 853. The van der Waals surface area contributed by atoms with E-state index in [1.165, 1.54) is 36.8 Å². The first-order valence-corrected chi connectivity index (χ1v) is 11.6. The molecule has 148 valence electrons. The molecular formula is C23H30N4S. The lowest BCUT2D eigenvalue weighted by Gasteiger charge is -2.42. The van der Waals surface area contributed by atoms with E-state index in [0.717, 1.165) is 54.1 Å².